The van der Waals surface area contributed by atoms with E-state index in [2.05, 4.69) is 10.6 Å². The van der Waals surface area contributed by atoms with Gasteiger partial charge in [-0.1, -0.05) is 69.3 Å². The molecule has 5 fully saturated rings. The first-order valence-corrected chi connectivity index (χ1v) is 35.0. The lowest BCUT2D eigenvalue weighted by atomic mass is 9.45. The van der Waals surface area contributed by atoms with Gasteiger partial charge in [-0.25, -0.2) is 19.2 Å². The first-order chi connectivity index (χ1) is 50.4. The Morgan fingerprint density at radius 1 is 0.731 bits per heavy atom. The number of ketones is 1. The van der Waals surface area contributed by atoms with Gasteiger partial charge in [-0.3, -0.25) is 24.0 Å². The van der Waals surface area contributed by atoms with E-state index in [1.807, 2.05) is 0 Å². The number of carboxylic acids is 1. The predicted molar refractivity (Wildman–Crippen MR) is 357 cm³/mol. The largest absolute Gasteiger partial charge is 0.477 e. The van der Waals surface area contributed by atoms with Crippen LogP contribution >= 0.6 is 0 Å². The average molecular weight is 1540 g/mol. The topological polar surface area (TPSA) is 583 Å². The SMILES string of the molecule is CC[C@]1(OC(C)=O)[C@H](O)C[C@H](O)[C@@]2(C)C(=O)[C@H](O)C3=C(C)[C@@H](OC(=O)[C@H](OC(=O)CCC(=O)O[C@@H]4O[C@H](CO)[C@@H](O[C@@H]5O[C@H](CO)[C@H](O[C@]6(C(=O)O)C[C@H](O)[C@@H](NC(C)=O)[C@H]([C@H](O)[C@H](O)CO)O6)[C@H](O)[C@H]5O)[C@H](O)[C@H]4O)[C@@H](NC(=O)OC(C)(C)C)c4ccccc4)C[C@@](O)([C@@H](OC(=O)c4ccccc4)[C@H]12)C3(C)C. The van der Waals surface area contributed by atoms with Crippen molar-refractivity contribution < 1.29 is 172 Å². The summed E-state index contributed by atoms with van der Waals surface area (Å²) in [6.07, 6.45) is -48.6. The zero-order chi connectivity index (χ0) is 80.4. The third-order valence-electron chi connectivity index (χ3n) is 21.1. The molecule has 3 saturated heterocycles. The zero-order valence-corrected chi connectivity index (χ0v) is 60.8. The fourth-order valence-corrected chi connectivity index (χ4v) is 15.5. The van der Waals surface area contributed by atoms with E-state index >= 15 is 9.59 Å². The number of benzene rings is 2. The molecule has 17 N–H and O–H groups in total. The lowest BCUT2D eigenvalue weighted by Gasteiger charge is -2.64. The minimum atomic E-state index is -3.15. The number of fused-ring (bicyclic) bond motifs is 3. The van der Waals surface area contributed by atoms with Gasteiger partial charge >= 0.3 is 41.9 Å². The Labute approximate surface area is 618 Å². The highest BCUT2D eigenvalue weighted by atomic mass is 16.8. The lowest BCUT2D eigenvalue weighted by molar-refractivity contribution is -0.384. The summed E-state index contributed by atoms with van der Waals surface area (Å²) in [5.74, 6) is -15.6. The molecule has 0 unspecified atom stereocenters. The molecule has 2 saturated carbocycles. The second kappa shape index (κ2) is 34.1. The smallest absolute Gasteiger partial charge is 0.408 e. The number of aliphatic hydroxyl groups is 14. The molecule has 2 amide bonds. The van der Waals surface area contributed by atoms with Crippen LogP contribution in [0.5, 0.6) is 0 Å². The Balaban J connectivity index is 1.04. The standard InChI is InChI=1S/C71H98N2O35/c1-11-69(105-32(4)78)41(82)24-40(81)68(10)57(69)59(104-60(92)34-20-16-13-17-21-34)70(97)26-37(30(2)44(67(70,8)9)48(86)58(68)91)98-61(93)56(45(33-18-14-12-15-19-33)73-65(96)108-66(5,6)7)101-42(83)22-23-43(84)102-62-51(89)49(87)53(38(28-75)99-62)103-63-52(90)50(88)54(39(29-76)100-63)106-71(64(94)95)25-35(79)46(72-31(3)77)55(107-71)47(85)36(80)27-74/h12-21,35-41,45-57,59,62-63,74-76,79-82,85-90,97H,11,22-29H2,1-10H3,(H,72,77)(H,73,96)(H,94,95)/t35-,36+,37-,38+,39+,40-,41+,45-,46+,47+,48+,49+,50+,51+,52+,53+,54-,55+,56+,57-,59-,62-,63-,68+,69-,70+,71+/m0/s1. The van der Waals surface area contributed by atoms with Gasteiger partial charge in [0, 0.05) is 38.5 Å². The number of alkyl carbamates (subject to hydrolysis) is 1. The molecule has 2 aromatic carbocycles. The van der Waals surface area contributed by atoms with E-state index in [4.69, 9.17) is 52.1 Å². The molecule has 3 heterocycles. The summed E-state index contributed by atoms with van der Waals surface area (Å²) in [5.41, 5.74) is -10.9. The summed E-state index contributed by atoms with van der Waals surface area (Å²) >= 11 is 0. The summed E-state index contributed by atoms with van der Waals surface area (Å²) in [5, 5.41) is 175. The molecule has 0 radical (unpaired) electrons. The lowest BCUT2D eigenvalue weighted by Crippen LogP contribution is -2.77. The molecule has 37 nitrogen and oxygen atoms in total. The van der Waals surface area contributed by atoms with Gasteiger partial charge in [-0.2, -0.15) is 0 Å². The Hall–Kier alpha value is -7.35. The van der Waals surface area contributed by atoms with Crippen LogP contribution in [0.25, 0.3) is 0 Å². The number of carbonyl (C=O) groups is 9. The minimum Gasteiger partial charge on any atom is -0.477 e. The van der Waals surface area contributed by atoms with E-state index in [0.29, 0.717) is 0 Å². The Kier molecular flexibility index (Phi) is 27.2. The van der Waals surface area contributed by atoms with Crippen LogP contribution in [0.4, 0.5) is 4.79 Å². The fourth-order valence-electron chi connectivity index (χ4n) is 15.5. The first kappa shape index (κ1) is 86.2. The van der Waals surface area contributed by atoms with E-state index in [9.17, 15) is 110 Å². The summed E-state index contributed by atoms with van der Waals surface area (Å²) in [4.78, 5) is 126. The van der Waals surface area contributed by atoms with Gasteiger partial charge in [-0.05, 0) is 69.9 Å². The molecular weight excluding hydrogens is 1440 g/mol. The van der Waals surface area contributed by atoms with Gasteiger partial charge < -0.3 is 139 Å². The van der Waals surface area contributed by atoms with Crippen LogP contribution in [0, 0.1) is 16.7 Å². The summed E-state index contributed by atoms with van der Waals surface area (Å²) in [7, 11) is 0. The molecule has 108 heavy (non-hydrogen) atoms. The summed E-state index contributed by atoms with van der Waals surface area (Å²) in [6, 6.07) is 11.2. The van der Waals surface area contributed by atoms with Crippen molar-refractivity contribution in [3.63, 3.8) is 0 Å². The number of aliphatic hydroxyl groups excluding tert-OH is 13. The molecule has 6 aliphatic rings. The number of carboxylic acid groups (broad SMARTS) is 1. The molecular formula is C71H98N2O35. The molecule has 8 rings (SSSR count). The minimum absolute atomic E-state index is 0.0501. The number of hydrogen-bond acceptors (Lipinski definition) is 34. The number of rotatable bonds is 25. The second-order valence-corrected chi connectivity index (χ2v) is 29.6. The van der Waals surface area contributed by atoms with Gasteiger partial charge in [-0.15, -0.1) is 0 Å². The highest BCUT2D eigenvalue weighted by Crippen LogP contribution is 2.63. The quantitative estimate of drug-likeness (QED) is 0.0258. The highest BCUT2D eigenvalue weighted by molar-refractivity contribution is 5.94. The average Bonchev–Trinajstić information content (AvgIpc) is 0.677. The van der Waals surface area contributed by atoms with Gasteiger partial charge in [0.1, 0.15) is 108 Å². The maximum absolute atomic E-state index is 15.5. The van der Waals surface area contributed by atoms with E-state index in [1.54, 1.807) is 12.1 Å². The fraction of sp³-hybridized carbons (Fsp3) is 0.676. The van der Waals surface area contributed by atoms with Crippen molar-refractivity contribution in [2.75, 3.05) is 19.8 Å². The molecule has 3 aliphatic heterocycles. The number of Topliss-reactive ketones (excluding diaryl/α,β-unsaturated/α-hetero) is 1. The molecule has 37 heteroatoms. The third kappa shape index (κ3) is 17.2. The molecule has 2 bridgehead atoms. The van der Waals surface area contributed by atoms with E-state index in [0.717, 1.165) is 13.8 Å². The van der Waals surface area contributed by atoms with Crippen molar-refractivity contribution >= 4 is 53.6 Å². The van der Waals surface area contributed by atoms with Crippen LogP contribution in [-0.2, 0) is 85.7 Å². The maximum atomic E-state index is 15.5. The van der Waals surface area contributed by atoms with Crippen LogP contribution in [-0.4, -0.2) is 301 Å². The van der Waals surface area contributed by atoms with Crippen LogP contribution in [0.15, 0.2) is 71.8 Å². The first-order valence-electron chi connectivity index (χ1n) is 35.0. The van der Waals surface area contributed by atoms with Crippen LogP contribution in [0.1, 0.15) is 130 Å². The van der Waals surface area contributed by atoms with E-state index in [1.165, 1.54) is 104 Å². The Morgan fingerprint density at radius 2 is 1.31 bits per heavy atom. The highest BCUT2D eigenvalue weighted by Gasteiger charge is 2.75. The van der Waals surface area contributed by atoms with E-state index in [-0.39, 0.29) is 28.7 Å². The Morgan fingerprint density at radius 3 is 1.87 bits per heavy atom. The van der Waals surface area contributed by atoms with Crippen LogP contribution in [0.3, 0.4) is 0 Å². The predicted octanol–water partition coefficient (Wildman–Crippen LogP) is -3.70. The zero-order valence-electron chi connectivity index (χ0n) is 60.8. The molecule has 0 spiro atoms. The van der Waals surface area contributed by atoms with Crippen molar-refractivity contribution in [1.82, 2.24) is 10.6 Å². The second-order valence-electron chi connectivity index (χ2n) is 29.6. The van der Waals surface area contributed by atoms with Crippen LogP contribution < -0.4 is 10.6 Å². The maximum Gasteiger partial charge on any atom is 0.408 e. The van der Waals surface area contributed by atoms with Crippen molar-refractivity contribution in [3.05, 3.63) is 82.9 Å². The van der Waals surface area contributed by atoms with Gasteiger partial charge in [0.05, 0.1) is 73.9 Å². The number of amides is 2. The van der Waals surface area contributed by atoms with Crippen LogP contribution in [0.2, 0.25) is 0 Å². The number of ether oxygens (including phenoxy) is 11. The van der Waals surface area contributed by atoms with Gasteiger partial charge in [0.2, 0.25) is 18.3 Å². The molecule has 602 valence electrons. The third-order valence-corrected chi connectivity index (χ3v) is 21.1. The summed E-state index contributed by atoms with van der Waals surface area (Å²) < 4.78 is 63.6. The number of esters is 5. The molecule has 0 aromatic heterocycles. The number of hydrogen-bond donors (Lipinski definition) is 17. The number of nitrogens with one attached hydrogen (secondary N) is 2. The van der Waals surface area contributed by atoms with Crippen molar-refractivity contribution in [3.8, 4) is 0 Å². The molecule has 2 aromatic rings. The monoisotopic (exact) mass is 1540 g/mol. The number of aliphatic carboxylic acids is 1. The van der Waals surface area contributed by atoms with Crippen molar-refractivity contribution in [2.24, 2.45) is 16.7 Å². The molecule has 3 aliphatic carbocycles. The van der Waals surface area contributed by atoms with Gasteiger partial charge in [0.25, 0.3) is 5.79 Å². The normalized spacial score (nSPS) is 36.5. The Bertz CT molecular complexity index is 3590. The molecule has 27 atom stereocenters. The summed E-state index contributed by atoms with van der Waals surface area (Å²) in [6.45, 7) is 9.87. The van der Waals surface area contributed by atoms with Crippen molar-refractivity contribution in [2.45, 2.75) is 265 Å². The number of carbonyl (C=O) groups excluding carboxylic acids is 8. The van der Waals surface area contributed by atoms with E-state index < -0.39 is 279 Å². The van der Waals surface area contributed by atoms with Gasteiger partial charge in [0.15, 0.2) is 12.1 Å². The van der Waals surface area contributed by atoms with Crippen molar-refractivity contribution in [1.29, 1.82) is 0 Å².